The van der Waals surface area contributed by atoms with Gasteiger partial charge in [-0.1, -0.05) is 42.6 Å². The summed E-state index contributed by atoms with van der Waals surface area (Å²) in [5, 5.41) is 1.03. The van der Waals surface area contributed by atoms with E-state index in [-0.39, 0.29) is 0 Å². The highest BCUT2D eigenvalue weighted by Crippen LogP contribution is 1.97. The van der Waals surface area contributed by atoms with E-state index >= 15 is 0 Å². The summed E-state index contributed by atoms with van der Waals surface area (Å²) in [5.41, 5.74) is 0. The molecule has 0 aliphatic heterocycles. The van der Waals surface area contributed by atoms with Gasteiger partial charge in [-0.2, -0.15) is 0 Å². The quantitative estimate of drug-likeness (QED) is 0.291. The summed E-state index contributed by atoms with van der Waals surface area (Å²) >= 11 is 3.50. The van der Waals surface area contributed by atoms with Crippen LogP contribution < -0.4 is 0 Å². The summed E-state index contributed by atoms with van der Waals surface area (Å²) in [6.45, 7) is 12.0. The van der Waals surface area contributed by atoms with Crippen LogP contribution in [0.1, 0.15) is 39.5 Å². The number of hydrogen-bond acceptors (Lipinski definition) is 4. The second-order valence-electron chi connectivity index (χ2n) is 5.07. The third-order valence-electron chi connectivity index (χ3n) is 3.17. The molecule has 0 radical (unpaired) electrons. The number of nitrogens with zero attached hydrogens (tertiary/aromatic N) is 1. The largest absolute Gasteiger partial charge is 0.379 e. The van der Waals surface area contributed by atoms with Gasteiger partial charge in [0.1, 0.15) is 0 Å². The second-order valence-corrected chi connectivity index (χ2v) is 5.87. The standard InChI is InChI=1S/C16H34BrNO3/c1-3-5-8-18(9-7-17)10-12-20-14-16-21-15-13-19-11-6-4-2/h3-16H2,1-2H3. The molecule has 0 atom stereocenters. The Balaban J connectivity index is 3.25. The summed E-state index contributed by atoms with van der Waals surface area (Å²) in [6.07, 6.45) is 4.81. The minimum atomic E-state index is 0.657. The van der Waals surface area contributed by atoms with Gasteiger partial charge >= 0.3 is 0 Å². The Morgan fingerprint density at radius 1 is 0.667 bits per heavy atom. The van der Waals surface area contributed by atoms with Gasteiger partial charge in [-0.05, 0) is 19.4 Å². The maximum Gasteiger partial charge on any atom is 0.0701 e. The number of ether oxygens (including phenoxy) is 3. The summed E-state index contributed by atoms with van der Waals surface area (Å²) in [7, 11) is 0. The summed E-state index contributed by atoms with van der Waals surface area (Å²) in [4.78, 5) is 2.45. The number of halogens is 1. The Hall–Kier alpha value is 0.320. The van der Waals surface area contributed by atoms with Crippen LogP contribution in [0.15, 0.2) is 0 Å². The fourth-order valence-electron chi connectivity index (χ4n) is 1.82. The first-order chi connectivity index (χ1) is 10.3. The molecule has 0 heterocycles. The molecule has 4 nitrogen and oxygen atoms in total. The third-order valence-corrected chi connectivity index (χ3v) is 3.52. The fraction of sp³-hybridized carbons (Fsp3) is 1.00. The Bertz CT molecular complexity index is 196. The highest BCUT2D eigenvalue weighted by Gasteiger charge is 2.02. The predicted octanol–water partition coefficient (Wildman–Crippen LogP) is 3.33. The van der Waals surface area contributed by atoms with Gasteiger partial charge in [0.2, 0.25) is 0 Å². The average molecular weight is 368 g/mol. The molecule has 0 aliphatic rings. The normalized spacial score (nSPS) is 11.4. The number of unbranched alkanes of at least 4 members (excludes halogenated alkanes) is 2. The first kappa shape index (κ1) is 21.3. The molecule has 5 heteroatoms. The van der Waals surface area contributed by atoms with E-state index in [1.165, 1.54) is 19.3 Å². The van der Waals surface area contributed by atoms with Crippen LogP contribution in [-0.4, -0.2) is 69.5 Å². The Kier molecular flexibility index (Phi) is 18.6. The molecule has 0 aromatic carbocycles. The molecule has 0 saturated carbocycles. The van der Waals surface area contributed by atoms with Crippen molar-refractivity contribution in [3.63, 3.8) is 0 Å². The topological polar surface area (TPSA) is 30.9 Å². The minimum absolute atomic E-state index is 0.657. The average Bonchev–Trinajstić information content (AvgIpc) is 2.50. The van der Waals surface area contributed by atoms with Crippen molar-refractivity contribution >= 4 is 15.9 Å². The highest BCUT2D eigenvalue weighted by atomic mass is 79.9. The van der Waals surface area contributed by atoms with Crippen molar-refractivity contribution in [3.05, 3.63) is 0 Å². The minimum Gasteiger partial charge on any atom is -0.379 e. The number of alkyl halides is 1. The molecular formula is C16H34BrNO3. The summed E-state index contributed by atoms with van der Waals surface area (Å²) in [6, 6.07) is 0. The van der Waals surface area contributed by atoms with Crippen molar-refractivity contribution in [1.82, 2.24) is 4.90 Å². The lowest BCUT2D eigenvalue weighted by molar-refractivity contribution is 0.0104. The van der Waals surface area contributed by atoms with Crippen LogP contribution >= 0.6 is 15.9 Å². The zero-order chi connectivity index (χ0) is 15.6. The zero-order valence-electron chi connectivity index (χ0n) is 13.9. The van der Waals surface area contributed by atoms with Gasteiger partial charge in [-0.15, -0.1) is 0 Å². The van der Waals surface area contributed by atoms with Crippen molar-refractivity contribution < 1.29 is 14.2 Å². The molecule has 0 spiro atoms. The van der Waals surface area contributed by atoms with Crippen LogP contribution in [0.5, 0.6) is 0 Å². The maximum atomic E-state index is 5.61. The third kappa shape index (κ3) is 16.5. The number of rotatable bonds is 17. The Morgan fingerprint density at radius 2 is 1.24 bits per heavy atom. The van der Waals surface area contributed by atoms with E-state index in [4.69, 9.17) is 14.2 Å². The van der Waals surface area contributed by atoms with E-state index in [0.717, 1.165) is 44.6 Å². The molecular weight excluding hydrogens is 334 g/mol. The molecule has 0 aliphatic carbocycles. The van der Waals surface area contributed by atoms with Gasteiger partial charge in [-0.3, -0.25) is 0 Å². The molecule has 0 aromatic rings. The molecule has 21 heavy (non-hydrogen) atoms. The van der Waals surface area contributed by atoms with Crippen molar-refractivity contribution in [1.29, 1.82) is 0 Å². The molecule has 0 amide bonds. The predicted molar refractivity (Wildman–Crippen MR) is 92.5 cm³/mol. The Labute approximate surface area is 139 Å². The zero-order valence-corrected chi connectivity index (χ0v) is 15.5. The van der Waals surface area contributed by atoms with Crippen LogP contribution in [0.4, 0.5) is 0 Å². The summed E-state index contributed by atoms with van der Waals surface area (Å²) in [5.74, 6) is 0. The van der Waals surface area contributed by atoms with E-state index in [9.17, 15) is 0 Å². The first-order valence-corrected chi connectivity index (χ1v) is 9.48. The van der Waals surface area contributed by atoms with Crippen LogP contribution in [-0.2, 0) is 14.2 Å². The molecule has 0 saturated heterocycles. The van der Waals surface area contributed by atoms with Crippen molar-refractivity contribution in [2.24, 2.45) is 0 Å². The van der Waals surface area contributed by atoms with Crippen LogP contribution in [0, 0.1) is 0 Å². The molecule has 0 bridgehead atoms. The fourth-order valence-corrected chi connectivity index (χ4v) is 2.32. The monoisotopic (exact) mass is 367 g/mol. The number of hydrogen-bond donors (Lipinski definition) is 0. The molecule has 0 aromatic heterocycles. The van der Waals surface area contributed by atoms with E-state index in [1.807, 2.05) is 0 Å². The first-order valence-electron chi connectivity index (χ1n) is 8.36. The highest BCUT2D eigenvalue weighted by molar-refractivity contribution is 9.09. The van der Waals surface area contributed by atoms with E-state index in [0.29, 0.717) is 26.4 Å². The second kappa shape index (κ2) is 18.4. The lowest BCUT2D eigenvalue weighted by Gasteiger charge is -2.20. The molecule has 0 rings (SSSR count). The lowest BCUT2D eigenvalue weighted by atomic mass is 10.3. The lowest BCUT2D eigenvalue weighted by Crippen LogP contribution is -2.30. The van der Waals surface area contributed by atoms with E-state index < -0.39 is 0 Å². The molecule has 0 N–H and O–H groups in total. The molecule has 0 unspecified atom stereocenters. The van der Waals surface area contributed by atoms with Crippen molar-refractivity contribution in [2.75, 3.05) is 64.6 Å². The van der Waals surface area contributed by atoms with Gasteiger partial charge in [0, 0.05) is 25.0 Å². The van der Waals surface area contributed by atoms with E-state index in [2.05, 4.69) is 34.7 Å². The van der Waals surface area contributed by atoms with E-state index in [1.54, 1.807) is 0 Å². The van der Waals surface area contributed by atoms with Gasteiger partial charge in [0.05, 0.1) is 33.0 Å². The van der Waals surface area contributed by atoms with Crippen molar-refractivity contribution in [3.8, 4) is 0 Å². The van der Waals surface area contributed by atoms with Gasteiger partial charge < -0.3 is 19.1 Å². The molecule has 0 fully saturated rings. The van der Waals surface area contributed by atoms with Gasteiger partial charge in [0.15, 0.2) is 0 Å². The van der Waals surface area contributed by atoms with Gasteiger partial charge in [0.25, 0.3) is 0 Å². The van der Waals surface area contributed by atoms with Gasteiger partial charge in [-0.25, -0.2) is 0 Å². The smallest absolute Gasteiger partial charge is 0.0701 e. The SMILES string of the molecule is CCCCOCCOCCOCCN(CCBr)CCCC. The molecule has 128 valence electrons. The Morgan fingerprint density at radius 3 is 1.81 bits per heavy atom. The van der Waals surface area contributed by atoms with Crippen LogP contribution in [0.3, 0.4) is 0 Å². The van der Waals surface area contributed by atoms with Crippen LogP contribution in [0.25, 0.3) is 0 Å². The summed E-state index contributed by atoms with van der Waals surface area (Å²) < 4.78 is 16.5. The van der Waals surface area contributed by atoms with Crippen molar-refractivity contribution in [2.45, 2.75) is 39.5 Å². The maximum absolute atomic E-state index is 5.61. The van der Waals surface area contributed by atoms with Crippen LogP contribution in [0.2, 0.25) is 0 Å².